The second-order valence-corrected chi connectivity index (χ2v) is 14.7. The Morgan fingerprint density at radius 3 is 2.20 bits per heavy atom. The lowest BCUT2D eigenvalue weighted by molar-refractivity contribution is -0.205. The number of rotatable bonds is 6. The van der Waals surface area contributed by atoms with Gasteiger partial charge in [-0.15, -0.1) is 0 Å². The third kappa shape index (κ3) is 4.53. The largest absolute Gasteiger partial charge is 0.507 e. The summed E-state index contributed by atoms with van der Waals surface area (Å²) in [5.41, 5.74) is -4.64. The predicted octanol–water partition coefficient (Wildman–Crippen LogP) is 4.03. The molecule has 0 aromatic heterocycles. The molecule has 1 aromatic rings. The van der Waals surface area contributed by atoms with Gasteiger partial charge in [-0.25, -0.2) is 0 Å². The Bertz CT molecular complexity index is 1380. The van der Waals surface area contributed by atoms with Crippen LogP contribution in [-0.2, 0) is 36.8 Å². The smallest absolute Gasteiger partial charge is 0.190 e. The average Bonchev–Trinajstić information content (AvgIpc) is 2.81. The molecule has 2 saturated carbocycles. The van der Waals surface area contributed by atoms with Crippen molar-refractivity contribution in [2.75, 3.05) is 0 Å². The minimum Gasteiger partial charge on any atom is -0.507 e. The zero-order valence-corrected chi connectivity index (χ0v) is 25.3. The number of Topliss-reactive ketones (excluding diaryl/α,β-unsaturated/α-hetero) is 6. The van der Waals surface area contributed by atoms with Crippen molar-refractivity contribution in [1.29, 1.82) is 0 Å². The fraction of sp³-hybridized carbons (Fsp3) is 0.636. The van der Waals surface area contributed by atoms with Gasteiger partial charge in [0.25, 0.3) is 0 Å². The summed E-state index contributed by atoms with van der Waals surface area (Å²) in [6, 6.07) is 3.32. The van der Waals surface area contributed by atoms with E-state index in [4.69, 9.17) is 0 Å². The summed E-state index contributed by atoms with van der Waals surface area (Å²) in [5.74, 6) is -9.31. The van der Waals surface area contributed by atoms with Crippen LogP contribution in [0.2, 0.25) is 0 Å². The summed E-state index contributed by atoms with van der Waals surface area (Å²) >= 11 is 0. The van der Waals surface area contributed by atoms with Crippen molar-refractivity contribution in [2.45, 2.75) is 93.1 Å². The van der Waals surface area contributed by atoms with Crippen LogP contribution in [0.4, 0.5) is 0 Å². The highest BCUT2D eigenvalue weighted by molar-refractivity contribution is 6.32. The van der Waals surface area contributed by atoms with E-state index >= 15 is 0 Å². The molecule has 4 rings (SSSR count). The fourth-order valence-corrected chi connectivity index (χ4v) is 8.13. The number of aromatic hydroxyl groups is 1. The third-order valence-corrected chi connectivity index (χ3v) is 9.87. The molecule has 8 nitrogen and oxygen atoms in total. The fourth-order valence-electron chi connectivity index (χ4n) is 8.13. The maximum absolute atomic E-state index is 14.3. The van der Waals surface area contributed by atoms with Gasteiger partial charge in [0, 0.05) is 29.7 Å². The Labute approximate surface area is 241 Å². The van der Waals surface area contributed by atoms with Crippen LogP contribution >= 0.6 is 0 Å². The molecule has 0 heterocycles. The minimum atomic E-state index is -2.72. The summed E-state index contributed by atoms with van der Waals surface area (Å²) in [6.45, 7) is 14.0. The molecule has 41 heavy (non-hydrogen) atoms. The van der Waals surface area contributed by atoms with Crippen molar-refractivity contribution in [3.05, 3.63) is 28.8 Å². The number of benzene rings is 1. The summed E-state index contributed by atoms with van der Waals surface area (Å²) in [7, 11) is 0. The van der Waals surface area contributed by atoms with Gasteiger partial charge in [0.05, 0.1) is 11.5 Å². The van der Waals surface area contributed by atoms with Crippen LogP contribution in [0.3, 0.4) is 0 Å². The molecule has 0 saturated heterocycles. The van der Waals surface area contributed by atoms with Crippen LogP contribution in [0.25, 0.3) is 0 Å². The molecule has 0 bridgehead atoms. The number of ketones is 6. The summed E-state index contributed by atoms with van der Waals surface area (Å²) in [4.78, 5) is 80.8. The molecule has 1 aromatic carbocycles. The van der Waals surface area contributed by atoms with E-state index in [2.05, 4.69) is 0 Å². The first-order valence-electron chi connectivity index (χ1n) is 14.5. The number of aliphatic hydroxyl groups is 1. The molecule has 8 heteroatoms. The highest BCUT2D eigenvalue weighted by Gasteiger charge is 2.76. The molecule has 3 aliphatic carbocycles. The molecular formula is C33H42O8. The lowest BCUT2D eigenvalue weighted by Gasteiger charge is -2.61. The van der Waals surface area contributed by atoms with Gasteiger partial charge >= 0.3 is 0 Å². The molecular weight excluding hydrogens is 524 g/mol. The zero-order valence-electron chi connectivity index (χ0n) is 25.3. The maximum atomic E-state index is 14.3. The first kappa shape index (κ1) is 30.9. The van der Waals surface area contributed by atoms with E-state index in [-0.39, 0.29) is 47.3 Å². The van der Waals surface area contributed by atoms with Crippen molar-refractivity contribution in [2.24, 2.45) is 39.9 Å². The molecule has 3 aliphatic rings. The lowest BCUT2D eigenvalue weighted by Crippen LogP contribution is -2.76. The van der Waals surface area contributed by atoms with E-state index in [0.29, 0.717) is 18.4 Å². The molecule has 222 valence electrons. The molecule has 0 spiro atoms. The van der Waals surface area contributed by atoms with Crippen molar-refractivity contribution in [3.8, 4) is 5.75 Å². The van der Waals surface area contributed by atoms with E-state index in [1.807, 2.05) is 20.8 Å². The highest BCUT2D eigenvalue weighted by atomic mass is 16.3. The van der Waals surface area contributed by atoms with E-state index < -0.39 is 69.0 Å². The number of carbonyl (C=O) groups is 6. The van der Waals surface area contributed by atoms with E-state index in [0.717, 1.165) is 6.92 Å². The molecule has 2 N–H and O–H groups in total. The summed E-state index contributed by atoms with van der Waals surface area (Å²) in [5, 5.41) is 23.3. The molecule has 2 fully saturated rings. The number of hydrogen-bond donors (Lipinski definition) is 2. The van der Waals surface area contributed by atoms with Crippen LogP contribution in [0, 0.1) is 39.9 Å². The Morgan fingerprint density at radius 2 is 1.66 bits per heavy atom. The molecule has 3 unspecified atom stereocenters. The van der Waals surface area contributed by atoms with Gasteiger partial charge < -0.3 is 10.2 Å². The van der Waals surface area contributed by atoms with Crippen molar-refractivity contribution < 1.29 is 39.0 Å². The normalized spacial score (nSPS) is 33.4. The third-order valence-electron chi connectivity index (χ3n) is 9.87. The first-order chi connectivity index (χ1) is 18.7. The Balaban J connectivity index is 1.80. The van der Waals surface area contributed by atoms with Gasteiger partial charge in [0.2, 0.25) is 0 Å². The monoisotopic (exact) mass is 566 g/mol. The number of carbonyl (C=O) groups excluding carboxylic acids is 6. The van der Waals surface area contributed by atoms with Crippen molar-refractivity contribution in [3.63, 3.8) is 0 Å². The van der Waals surface area contributed by atoms with Crippen LogP contribution in [0.1, 0.15) is 96.1 Å². The van der Waals surface area contributed by atoms with Gasteiger partial charge in [-0.05, 0) is 48.5 Å². The Kier molecular flexibility index (Phi) is 7.39. The van der Waals surface area contributed by atoms with Gasteiger partial charge in [-0.1, -0.05) is 60.6 Å². The maximum Gasteiger partial charge on any atom is 0.190 e. The topological polar surface area (TPSA) is 143 Å². The molecule has 6 atom stereocenters. The number of hydrogen-bond acceptors (Lipinski definition) is 8. The van der Waals surface area contributed by atoms with E-state index in [1.165, 1.54) is 0 Å². The Morgan fingerprint density at radius 1 is 1.05 bits per heavy atom. The van der Waals surface area contributed by atoms with Crippen LogP contribution in [-0.4, -0.2) is 50.5 Å². The quantitative estimate of drug-likeness (QED) is 0.492. The average molecular weight is 567 g/mol. The molecule has 0 aliphatic heterocycles. The second kappa shape index (κ2) is 9.79. The summed E-state index contributed by atoms with van der Waals surface area (Å²) in [6.07, 6.45) is 1.10. The molecule has 0 radical (unpaired) electrons. The van der Waals surface area contributed by atoms with Crippen LogP contribution in [0.5, 0.6) is 5.75 Å². The van der Waals surface area contributed by atoms with E-state index in [9.17, 15) is 39.0 Å². The summed E-state index contributed by atoms with van der Waals surface area (Å²) < 4.78 is 0. The SMILES string of the molecule is CC(=O)C1C(=O)C(C(C)C)[C@@]2(C)C[C@@]3(C)Cc4ccc(CC(=O)CCC(C)(C)C)c(O)c4C(=O)C3C(=O)[C@@]2(O)C1=O. The van der Waals surface area contributed by atoms with Gasteiger partial charge in [-0.2, -0.15) is 0 Å². The van der Waals surface area contributed by atoms with Crippen LogP contribution < -0.4 is 0 Å². The minimum absolute atomic E-state index is 0.0108. The highest BCUT2D eigenvalue weighted by Crippen LogP contribution is 2.63. The predicted molar refractivity (Wildman–Crippen MR) is 150 cm³/mol. The Hall–Kier alpha value is -3.00. The number of phenols is 1. The molecule has 0 amide bonds. The first-order valence-corrected chi connectivity index (χ1v) is 14.5. The van der Waals surface area contributed by atoms with Gasteiger partial charge in [0.1, 0.15) is 23.2 Å². The van der Waals surface area contributed by atoms with Crippen LogP contribution in [0.15, 0.2) is 12.1 Å². The zero-order chi connectivity index (χ0) is 31.0. The van der Waals surface area contributed by atoms with Gasteiger partial charge in [0.15, 0.2) is 28.7 Å². The second-order valence-electron chi connectivity index (χ2n) is 14.7. The number of fused-ring (bicyclic) bond motifs is 3. The lowest BCUT2D eigenvalue weighted by atomic mass is 9.40. The van der Waals surface area contributed by atoms with Crippen molar-refractivity contribution in [1.82, 2.24) is 0 Å². The van der Waals surface area contributed by atoms with Crippen molar-refractivity contribution >= 4 is 34.7 Å². The van der Waals surface area contributed by atoms with Gasteiger partial charge in [-0.3, -0.25) is 28.8 Å². The number of phenolic OH excluding ortho intramolecular Hbond substituents is 1. The van der Waals surface area contributed by atoms with E-state index in [1.54, 1.807) is 39.8 Å². The standard InChI is InChI=1S/C33H42O8/c1-16(2)23-26(37)21(17(3)34)28(39)33(41)29(40)24-27(38)22-19(14-31(24,7)15-32(23,33)8)10-9-18(25(22)36)13-20(35)11-12-30(4,5)6/h9-10,16,21,23-24,36,41H,11-15H2,1-8H3/t21?,23?,24?,31-,32-,33+/m1/s1.